The first kappa shape index (κ1) is 19.7. The molecule has 3 aromatic rings. The molecule has 0 aliphatic heterocycles. The van der Waals surface area contributed by atoms with Crippen molar-refractivity contribution < 1.29 is 9.59 Å². The van der Waals surface area contributed by atoms with E-state index >= 15 is 0 Å². The van der Waals surface area contributed by atoms with Crippen LogP contribution in [-0.2, 0) is 22.4 Å². The Labute approximate surface area is 165 Å². The lowest BCUT2D eigenvalue weighted by molar-refractivity contribution is -0.123. The number of nitrogens with zero attached hydrogens (tertiary/aromatic N) is 1. The predicted molar refractivity (Wildman–Crippen MR) is 114 cm³/mol. The Morgan fingerprint density at radius 1 is 1.07 bits per heavy atom. The van der Waals surface area contributed by atoms with E-state index in [0.717, 1.165) is 35.2 Å². The molecule has 2 aromatic carbocycles. The third-order valence-corrected chi connectivity index (χ3v) is 5.05. The van der Waals surface area contributed by atoms with Crippen LogP contribution >= 0.6 is 0 Å². The first-order valence-electron chi connectivity index (χ1n) is 9.69. The van der Waals surface area contributed by atoms with Gasteiger partial charge in [-0.2, -0.15) is 0 Å². The van der Waals surface area contributed by atoms with Crippen LogP contribution in [0.1, 0.15) is 30.5 Å². The second-order valence-corrected chi connectivity index (χ2v) is 7.00. The first-order valence-corrected chi connectivity index (χ1v) is 9.69. The molecule has 2 amide bonds. The van der Waals surface area contributed by atoms with E-state index in [9.17, 15) is 9.59 Å². The van der Waals surface area contributed by atoms with E-state index in [4.69, 9.17) is 0 Å². The number of H-pyrrole nitrogens is 1. The summed E-state index contributed by atoms with van der Waals surface area (Å²) in [5, 5.41) is 4.13. The minimum atomic E-state index is -0.152. The van der Waals surface area contributed by atoms with Crippen molar-refractivity contribution in [1.82, 2.24) is 10.3 Å². The third kappa shape index (κ3) is 4.25. The minimum Gasteiger partial charge on any atom is -0.361 e. The number of aromatic amines is 1. The predicted octanol–water partition coefficient (Wildman–Crippen LogP) is 3.75. The average Bonchev–Trinajstić information content (AvgIpc) is 3.09. The zero-order chi connectivity index (χ0) is 20.1. The molecule has 0 unspecified atom stereocenters. The van der Waals surface area contributed by atoms with E-state index < -0.39 is 0 Å². The highest BCUT2D eigenvalue weighted by atomic mass is 16.2. The maximum Gasteiger partial charge on any atom is 0.240 e. The van der Waals surface area contributed by atoms with Gasteiger partial charge in [-0.05, 0) is 42.5 Å². The van der Waals surface area contributed by atoms with Crippen LogP contribution in [0.3, 0.4) is 0 Å². The van der Waals surface area contributed by atoms with Gasteiger partial charge >= 0.3 is 0 Å². The van der Waals surface area contributed by atoms with E-state index in [1.165, 1.54) is 17.9 Å². The summed E-state index contributed by atoms with van der Waals surface area (Å²) < 4.78 is 0. The Morgan fingerprint density at radius 3 is 2.61 bits per heavy atom. The number of aryl methyl sites for hydroxylation is 2. The maximum atomic E-state index is 12.5. The zero-order valence-electron chi connectivity index (χ0n) is 16.7. The lowest BCUT2D eigenvalue weighted by Crippen LogP contribution is -2.41. The second kappa shape index (κ2) is 8.74. The van der Waals surface area contributed by atoms with Crippen LogP contribution in [-0.4, -0.2) is 29.9 Å². The number of fused-ring (bicyclic) bond motifs is 1. The number of aromatic nitrogens is 1. The molecule has 0 spiro atoms. The van der Waals surface area contributed by atoms with Crippen LogP contribution < -0.4 is 10.2 Å². The van der Waals surface area contributed by atoms with E-state index in [2.05, 4.69) is 23.3 Å². The molecule has 1 aromatic heterocycles. The summed E-state index contributed by atoms with van der Waals surface area (Å²) in [6.07, 6.45) is 3.53. The Bertz CT molecular complexity index is 990. The Kier molecular flexibility index (Phi) is 6.14. The molecule has 0 radical (unpaired) electrons. The van der Waals surface area contributed by atoms with Gasteiger partial charge in [-0.1, -0.05) is 43.3 Å². The number of para-hydroxylation sites is 2. The molecule has 146 valence electrons. The van der Waals surface area contributed by atoms with Crippen molar-refractivity contribution in [1.29, 1.82) is 0 Å². The third-order valence-electron chi connectivity index (χ3n) is 5.05. The number of benzene rings is 2. The van der Waals surface area contributed by atoms with Gasteiger partial charge in [-0.3, -0.25) is 9.59 Å². The minimum absolute atomic E-state index is 0.0288. The van der Waals surface area contributed by atoms with Crippen LogP contribution in [0.2, 0.25) is 0 Å². The molecule has 0 fully saturated rings. The highest BCUT2D eigenvalue weighted by molar-refractivity contribution is 5.98. The van der Waals surface area contributed by atoms with Gasteiger partial charge < -0.3 is 15.2 Å². The van der Waals surface area contributed by atoms with Crippen molar-refractivity contribution in [2.45, 2.75) is 33.6 Å². The van der Waals surface area contributed by atoms with Crippen LogP contribution in [0.15, 0.2) is 48.7 Å². The van der Waals surface area contributed by atoms with Crippen molar-refractivity contribution in [2.75, 3.05) is 18.0 Å². The van der Waals surface area contributed by atoms with E-state index in [1.54, 1.807) is 4.90 Å². The van der Waals surface area contributed by atoms with Crippen molar-refractivity contribution >= 4 is 28.4 Å². The summed E-state index contributed by atoms with van der Waals surface area (Å²) >= 11 is 0. The fraction of sp³-hybridized carbons (Fsp3) is 0.304. The molecule has 1 heterocycles. The largest absolute Gasteiger partial charge is 0.361 e. The number of hydrogen-bond acceptors (Lipinski definition) is 2. The molecule has 2 N–H and O–H groups in total. The topological polar surface area (TPSA) is 65.2 Å². The molecular weight excluding hydrogens is 350 g/mol. The van der Waals surface area contributed by atoms with Crippen molar-refractivity contribution in [2.24, 2.45) is 0 Å². The lowest BCUT2D eigenvalue weighted by Gasteiger charge is -2.25. The SMILES string of the molecule is CCc1cccc(C)c1N(CC(=O)NCCc1c[nH]c2ccccc12)C(C)=O. The number of anilines is 1. The second-order valence-electron chi connectivity index (χ2n) is 7.00. The molecule has 0 saturated heterocycles. The highest BCUT2D eigenvalue weighted by Crippen LogP contribution is 2.26. The van der Waals surface area contributed by atoms with Gasteiger partial charge in [0.2, 0.25) is 11.8 Å². The van der Waals surface area contributed by atoms with Crippen LogP contribution in [0.4, 0.5) is 5.69 Å². The molecule has 28 heavy (non-hydrogen) atoms. The molecule has 5 heteroatoms. The van der Waals surface area contributed by atoms with Crippen molar-refractivity contribution in [3.05, 3.63) is 65.4 Å². The molecule has 0 atom stereocenters. The first-order chi connectivity index (χ1) is 13.5. The molecule has 0 aliphatic carbocycles. The number of hydrogen-bond donors (Lipinski definition) is 2. The van der Waals surface area contributed by atoms with Gasteiger partial charge in [-0.15, -0.1) is 0 Å². The lowest BCUT2D eigenvalue weighted by atomic mass is 10.0. The number of carbonyl (C=O) groups excluding carboxylic acids is 2. The standard InChI is InChI=1S/C23H27N3O2/c1-4-18-9-7-8-16(2)23(18)26(17(3)27)15-22(28)24-13-12-19-14-25-21-11-6-5-10-20(19)21/h5-11,14,25H,4,12-13,15H2,1-3H3,(H,24,28). The summed E-state index contributed by atoms with van der Waals surface area (Å²) in [6.45, 7) is 6.09. The fourth-order valence-electron chi connectivity index (χ4n) is 3.61. The smallest absolute Gasteiger partial charge is 0.240 e. The maximum absolute atomic E-state index is 12.5. The summed E-state index contributed by atoms with van der Waals surface area (Å²) in [7, 11) is 0. The summed E-state index contributed by atoms with van der Waals surface area (Å²) in [5.74, 6) is -0.281. The van der Waals surface area contributed by atoms with Crippen molar-refractivity contribution in [3.8, 4) is 0 Å². The van der Waals surface area contributed by atoms with Gasteiger partial charge in [0.25, 0.3) is 0 Å². The zero-order valence-corrected chi connectivity index (χ0v) is 16.7. The average molecular weight is 377 g/mol. The normalized spacial score (nSPS) is 10.8. The fourth-order valence-corrected chi connectivity index (χ4v) is 3.61. The molecule has 3 rings (SSSR count). The van der Waals surface area contributed by atoms with Crippen LogP contribution in [0, 0.1) is 6.92 Å². The van der Waals surface area contributed by atoms with E-state index in [-0.39, 0.29) is 18.4 Å². The van der Waals surface area contributed by atoms with Gasteiger partial charge in [-0.25, -0.2) is 0 Å². The van der Waals surface area contributed by atoms with Crippen molar-refractivity contribution in [3.63, 3.8) is 0 Å². The number of amides is 2. The van der Waals surface area contributed by atoms with Crippen LogP contribution in [0.25, 0.3) is 10.9 Å². The molecule has 0 saturated carbocycles. The van der Waals surface area contributed by atoms with E-state index in [0.29, 0.717) is 6.54 Å². The van der Waals surface area contributed by atoms with Gasteiger partial charge in [0.15, 0.2) is 0 Å². The number of carbonyl (C=O) groups is 2. The monoisotopic (exact) mass is 377 g/mol. The Morgan fingerprint density at radius 2 is 1.86 bits per heavy atom. The quantitative estimate of drug-likeness (QED) is 0.659. The van der Waals surface area contributed by atoms with Gasteiger partial charge in [0, 0.05) is 30.6 Å². The number of rotatable bonds is 7. The molecular formula is C23H27N3O2. The van der Waals surface area contributed by atoms with Crippen LogP contribution in [0.5, 0.6) is 0 Å². The number of nitrogens with one attached hydrogen (secondary N) is 2. The summed E-state index contributed by atoms with van der Waals surface area (Å²) in [6, 6.07) is 14.1. The summed E-state index contributed by atoms with van der Waals surface area (Å²) in [5.41, 5.74) is 5.19. The Hall–Kier alpha value is -3.08. The van der Waals surface area contributed by atoms with E-state index in [1.807, 2.05) is 49.5 Å². The van der Waals surface area contributed by atoms with Gasteiger partial charge in [0.05, 0.1) is 5.69 Å². The summed E-state index contributed by atoms with van der Waals surface area (Å²) in [4.78, 5) is 29.6. The Balaban J connectivity index is 1.65. The molecule has 0 bridgehead atoms. The van der Waals surface area contributed by atoms with Gasteiger partial charge in [0.1, 0.15) is 6.54 Å². The molecule has 5 nitrogen and oxygen atoms in total. The molecule has 0 aliphatic rings. The highest BCUT2D eigenvalue weighted by Gasteiger charge is 2.20.